The van der Waals surface area contributed by atoms with Gasteiger partial charge in [0.1, 0.15) is 0 Å². The van der Waals surface area contributed by atoms with Crippen molar-refractivity contribution in [3.05, 3.63) is 0 Å². The van der Waals surface area contributed by atoms with Crippen LogP contribution in [0, 0.1) is 0 Å². The molecule has 3 nitrogen and oxygen atoms in total. The highest BCUT2D eigenvalue weighted by atomic mass is 35.5. The van der Waals surface area contributed by atoms with Gasteiger partial charge in [-0.25, -0.2) is 0 Å². The summed E-state index contributed by atoms with van der Waals surface area (Å²) in [5.41, 5.74) is 0.262. The van der Waals surface area contributed by atoms with Crippen molar-refractivity contribution in [2.24, 2.45) is 0 Å². The van der Waals surface area contributed by atoms with Crippen LogP contribution in [0.1, 0.15) is 13.8 Å². The molecule has 0 aromatic carbocycles. The summed E-state index contributed by atoms with van der Waals surface area (Å²) >= 11 is 0. The van der Waals surface area contributed by atoms with Crippen LogP contribution in [0.15, 0.2) is 0 Å². The number of nitrogens with one attached hydrogen (secondary N) is 1. The molecule has 1 heterocycles. The van der Waals surface area contributed by atoms with Gasteiger partial charge in [0.05, 0.1) is 13.2 Å². The molecular weight excluding hydrogens is 188 g/mol. The number of hydrogen-bond donors (Lipinski definition) is 1. The van der Waals surface area contributed by atoms with Gasteiger partial charge in [0.15, 0.2) is 0 Å². The minimum atomic E-state index is 0. The SMILES string of the molecule is CNCC(C)(C)N1CCOCC1.Cl. The molecule has 0 aromatic heterocycles. The maximum absolute atomic E-state index is 5.31. The Kier molecular flexibility index (Phi) is 5.88. The van der Waals surface area contributed by atoms with Crippen molar-refractivity contribution in [2.75, 3.05) is 39.9 Å². The van der Waals surface area contributed by atoms with Crippen LogP contribution in [0.25, 0.3) is 0 Å². The van der Waals surface area contributed by atoms with Crippen LogP contribution in [0.4, 0.5) is 0 Å². The summed E-state index contributed by atoms with van der Waals surface area (Å²) in [4.78, 5) is 2.48. The molecule has 1 aliphatic heterocycles. The largest absolute Gasteiger partial charge is 0.379 e. The van der Waals surface area contributed by atoms with Gasteiger partial charge >= 0.3 is 0 Å². The molecule has 1 N–H and O–H groups in total. The summed E-state index contributed by atoms with van der Waals surface area (Å²) in [6.45, 7) is 9.47. The van der Waals surface area contributed by atoms with Crippen molar-refractivity contribution in [1.82, 2.24) is 10.2 Å². The van der Waals surface area contributed by atoms with Crippen LogP contribution >= 0.6 is 12.4 Å². The predicted octanol–water partition coefficient (Wildman–Crippen LogP) is 0.738. The molecule has 0 bridgehead atoms. The van der Waals surface area contributed by atoms with Gasteiger partial charge in [-0.3, -0.25) is 4.90 Å². The average Bonchev–Trinajstić information content (AvgIpc) is 2.06. The molecule has 80 valence electrons. The first-order valence-corrected chi connectivity index (χ1v) is 4.64. The maximum Gasteiger partial charge on any atom is 0.0594 e. The summed E-state index contributed by atoms with van der Waals surface area (Å²) < 4.78 is 5.31. The average molecular weight is 209 g/mol. The molecule has 0 aliphatic carbocycles. The highest BCUT2D eigenvalue weighted by molar-refractivity contribution is 5.85. The molecule has 0 amide bonds. The molecule has 0 radical (unpaired) electrons. The zero-order chi connectivity index (χ0) is 9.03. The van der Waals surface area contributed by atoms with Gasteiger partial charge in [-0.1, -0.05) is 0 Å². The molecule has 0 aromatic rings. The van der Waals surface area contributed by atoms with Crippen molar-refractivity contribution in [2.45, 2.75) is 19.4 Å². The van der Waals surface area contributed by atoms with Gasteiger partial charge in [-0.05, 0) is 20.9 Å². The first-order valence-electron chi connectivity index (χ1n) is 4.64. The first kappa shape index (κ1) is 13.2. The lowest BCUT2D eigenvalue weighted by molar-refractivity contribution is -0.00903. The van der Waals surface area contributed by atoms with E-state index < -0.39 is 0 Å². The molecule has 0 atom stereocenters. The fourth-order valence-electron chi connectivity index (χ4n) is 1.71. The Labute approximate surface area is 87.2 Å². The molecule has 1 saturated heterocycles. The summed E-state index contributed by atoms with van der Waals surface area (Å²) in [6.07, 6.45) is 0. The van der Waals surface area contributed by atoms with Gasteiger partial charge in [-0.2, -0.15) is 0 Å². The number of morpholine rings is 1. The number of hydrogen-bond acceptors (Lipinski definition) is 3. The molecule has 0 spiro atoms. The highest BCUT2D eigenvalue weighted by Gasteiger charge is 2.26. The maximum atomic E-state index is 5.31. The van der Waals surface area contributed by atoms with E-state index in [9.17, 15) is 0 Å². The summed E-state index contributed by atoms with van der Waals surface area (Å²) in [6, 6.07) is 0. The van der Waals surface area contributed by atoms with Crippen molar-refractivity contribution in [3.63, 3.8) is 0 Å². The van der Waals surface area contributed by atoms with Gasteiger partial charge in [-0.15, -0.1) is 12.4 Å². The van der Waals surface area contributed by atoms with E-state index in [0.717, 1.165) is 32.8 Å². The third-order valence-corrected chi connectivity index (χ3v) is 2.48. The van der Waals surface area contributed by atoms with Crippen LogP contribution in [0.3, 0.4) is 0 Å². The number of nitrogens with zero attached hydrogens (tertiary/aromatic N) is 1. The number of ether oxygens (including phenoxy) is 1. The standard InChI is InChI=1S/C9H20N2O.ClH/c1-9(2,8-10-3)11-4-6-12-7-5-11;/h10H,4-8H2,1-3H3;1H. The molecule has 1 rings (SSSR count). The van der Waals surface area contributed by atoms with Crippen molar-refractivity contribution in [1.29, 1.82) is 0 Å². The predicted molar refractivity (Wildman–Crippen MR) is 57.6 cm³/mol. The quantitative estimate of drug-likeness (QED) is 0.741. The van der Waals surface area contributed by atoms with E-state index in [1.54, 1.807) is 0 Å². The van der Waals surface area contributed by atoms with Gasteiger partial charge in [0.2, 0.25) is 0 Å². The fraction of sp³-hybridized carbons (Fsp3) is 1.00. The minimum Gasteiger partial charge on any atom is -0.379 e. The van der Waals surface area contributed by atoms with Crippen LogP contribution in [-0.2, 0) is 4.74 Å². The van der Waals surface area contributed by atoms with Crippen molar-refractivity contribution < 1.29 is 4.74 Å². The van der Waals surface area contributed by atoms with E-state index in [2.05, 4.69) is 24.1 Å². The third-order valence-electron chi connectivity index (χ3n) is 2.48. The lowest BCUT2D eigenvalue weighted by Crippen LogP contribution is -2.54. The van der Waals surface area contributed by atoms with E-state index in [0.29, 0.717) is 0 Å². The second-order valence-corrected chi connectivity index (χ2v) is 3.94. The summed E-state index contributed by atoms with van der Waals surface area (Å²) in [5.74, 6) is 0. The molecule has 13 heavy (non-hydrogen) atoms. The second kappa shape index (κ2) is 5.81. The van der Waals surface area contributed by atoms with Crippen molar-refractivity contribution in [3.8, 4) is 0 Å². The number of rotatable bonds is 3. The smallest absolute Gasteiger partial charge is 0.0594 e. The van der Waals surface area contributed by atoms with E-state index in [-0.39, 0.29) is 17.9 Å². The Morgan fingerprint density at radius 2 is 1.85 bits per heavy atom. The number of likely N-dealkylation sites (N-methyl/N-ethyl adjacent to an activating group) is 1. The topological polar surface area (TPSA) is 24.5 Å². The monoisotopic (exact) mass is 208 g/mol. The van der Waals surface area contributed by atoms with Gasteiger partial charge < -0.3 is 10.1 Å². The molecule has 1 fully saturated rings. The fourth-order valence-corrected chi connectivity index (χ4v) is 1.71. The van der Waals surface area contributed by atoms with Gasteiger partial charge in [0.25, 0.3) is 0 Å². The van der Waals surface area contributed by atoms with E-state index in [1.807, 2.05) is 7.05 Å². The van der Waals surface area contributed by atoms with E-state index in [1.165, 1.54) is 0 Å². The van der Waals surface area contributed by atoms with Crippen molar-refractivity contribution >= 4 is 12.4 Å². The van der Waals surface area contributed by atoms with Crippen LogP contribution in [0.2, 0.25) is 0 Å². The zero-order valence-electron chi connectivity index (χ0n) is 8.80. The lowest BCUT2D eigenvalue weighted by atomic mass is 10.0. The van der Waals surface area contributed by atoms with E-state index in [4.69, 9.17) is 4.74 Å². The third kappa shape index (κ3) is 3.81. The van der Waals surface area contributed by atoms with Gasteiger partial charge in [0, 0.05) is 25.2 Å². The molecule has 1 aliphatic rings. The Morgan fingerprint density at radius 3 is 2.31 bits per heavy atom. The normalized spacial score (nSPS) is 19.6. The molecule has 0 unspecified atom stereocenters. The van der Waals surface area contributed by atoms with Crippen LogP contribution < -0.4 is 5.32 Å². The number of halogens is 1. The Hall–Kier alpha value is 0.170. The Balaban J connectivity index is 0.00000144. The Morgan fingerprint density at radius 1 is 1.31 bits per heavy atom. The first-order chi connectivity index (χ1) is 5.67. The summed E-state index contributed by atoms with van der Waals surface area (Å²) in [5, 5.41) is 3.22. The van der Waals surface area contributed by atoms with E-state index >= 15 is 0 Å². The summed E-state index contributed by atoms with van der Waals surface area (Å²) in [7, 11) is 2.00. The lowest BCUT2D eigenvalue weighted by Gasteiger charge is -2.40. The molecule has 0 saturated carbocycles. The molecule has 4 heteroatoms. The Bertz CT molecular complexity index is 136. The molecular formula is C9H21ClN2O. The minimum absolute atomic E-state index is 0. The highest BCUT2D eigenvalue weighted by Crippen LogP contribution is 2.14. The zero-order valence-corrected chi connectivity index (χ0v) is 9.62. The van der Waals surface area contributed by atoms with Crippen LogP contribution in [0.5, 0.6) is 0 Å². The second-order valence-electron chi connectivity index (χ2n) is 3.94. The van der Waals surface area contributed by atoms with Crippen LogP contribution in [-0.4, -0.2) is 50.3 Å².